The number of benzene rings is 2. The van der Waals surface area contributed by atoms with Crippen LogP contribution in [0.25, 0.3) is 11.4 Å². The van der Waals surface area contributed by atoms with Gasteiger partial charge in [-0.15, -0.1) is 0 Å². The van der Waals surface area contributed by atoms with Gasteiger partial charge in [-0.2, -0.15) is 4.98 Å². The summed E-state index contributed by atoms with van der Waals surface area (Å²) in [5, 5.41) is 8.49. The van der Waals surface area contributed by atoms with Crippen molar-refractivity contribution in [1.29, 1.82) is 0 Å². The first-order chi connectivity index (χ1) is 13.5. The van der Waals surface area contributed by atoms with E-state index in [1.165, 1.54) is 0 Å². The van der Waals surface area contributed by atoms with Gasteiger partial charge in [-0.05, 0) is 56.3 Å². The minimum Gasteiger partial charge on any atom is -0.493 e. The van der Waals surface area contributed by atoms with E-state index in [1.54, 1.807) is 25.5 Å². The number of ether oxygens (including phenoxy) is 2. The summed E-state index contributed by atoms with van der Waals surface area (Å²) in [4.78, 5) is 9.51. The molecule has 3 aromatic rings. The Morgan fingerprint density at radius 3 is 2.64 bits per heavy atom. The third kappa shape index (κ3) is 5.23. The lowest BCUT2D eigenvalue weighted by molar-refractivity contribution is 0.107. The zero-order chi connectivity index (χ0) is 19.9. The number of rotatable bonds is 8. The standard InChI is InChI=1S/C20H20ClN3O4/c1-13(2)27-17-9-4-14(10-18(17)25-3)11-22-26-12-19-23-20(24-28-19)15-5-7-16(21)8-6-15/h4-11,13H,12H2,1-3H3/b22-11-. The van der Waals surface area contributed by atoms with E-state index in [1.807, 2.05) is 44.2 Å². The van der Waals surface area contributed by atoms with Gasteiger partial charge in [0.2, 0.25) is 5.82 Å². The van der Waals surface area contributed by atoms with Crippen molar-refractivity contribution in [3.8, 4) is 22.9 Å². The van der Waals surface area contributed by atoms with E-state index in [0.717, 1.165) is 11.1 Å². The van der Waals surface area contributed by atoms with Crippen LogP contribution in [-0.4, -0.2) is 29.6 Å². The highest BCUT2D eigenvalue weighted by atomic mass is 35.5. The van der Waals surface area contributed by atoms with Gasteiger partial charge in [0.25, 0.3) is 5.89 Å². The molecule has 146 valence electrons. The molecule has 0 saturated carbocycles. The molecule has 1 heterocycles. The zero-order valence-electron chi connectivity index (χ0n) is 15.8. The quantitative estimate of drug-likeness (QED) is 0.401. The molecule has 0 bridgehead atoms. The predicted molar refractivity (Wildman–Crippen MR) is 106 cm³/mol. The maximum Gasteiger partial charge on any atom is 0.267 e. The lowest BCUT2D eigenvalue weighted by atomic mass is 10.2. The number of oxime groups is 1. The minimum absolute atomic E-state index is 0.0583. The van der Waals surface area contributed by atoms with Crippen LogP contribution >= 0.6 is 11.6 Å². The number of halogens is 1. The Kier molecular flexibility index (Phi) is 6.49. The molecular weight excluding hydrogens is 382 g/mol. The van der Waals surface area contributed by atoms with Gasteiger partial charge in [-0.1, -0.05) is 21.9 Å². The number of hydrogen-bond acceptors (Lipinski definition) is 7. The van der Waals surface area contributed by atoms with Crippen LogP contribution in [-0.2, 0) is 11.4 Å². The summed E-state index contributed by atoms with van der Waals surface area (Å²) >= 11 is 5.87. The van der Waals surface area contributed by atoms with Gasteiger partial charge in [0.1, 0.15) is 0 Å². The highest BCUT2D eigenvalue weighted by molar-refractivity contribution is 6.30. The second-order valence-electron chi connectivity index (χ2n) is 6.10. The summed E-state index contributed by atoms with van der Waals surface area (Å²) in [7, 11) is 1.59. The monoisotopic (exact) mass is 401 g/mol. The first-order valence-electron chi connectivity index (χ1n) is 8.63. The fourth-order valence-electron chi connectivity index (χ4n) is 2.34. The number of aromatic nitrogens is 2. The first kappa shape index (κ1) is 19.7. The molecule has 0 aliphatic rings. The molecule has 0 spiro atoms. The van der Waals surface area contributed by atoms with Crippen molar-refractivity contribution in [1.82, 2.24) is 10.1 Å². The zero-order valence-corrected chi connectivity index (χ0v) is 16.5. The molecule has 0 saturated heterocycles. The largest absolute Gasteiger partial charge is 0.493 e. The van der Waals surface area contributed by atoms with Crippen LogP contribution in [0.15, 0.2) is 52.1 Å². The molecule has 8 heteroatoms. The van der Waals surface area contributed by atoms with Crippen molar-refractivity contribution in [2.24, 2.45) is 5.16 Å². The summed E-state index contributed by atoms with van der Waals surface area (Å²) in [6.45, 7) is 3.97. The highest BCUT2D eigenvalue weighted by Gasteiger charge is 2.09. The van der Waals surface area contributed by atoms with E-state index >= 15 is 0 Å². The molecule has 7 nitrogen and oxygen atoms in total. The average Bonchev–Trinajstić information content (AvgIpc) is 3.15. The van der Waals surface area contributed by atoms with E-state index in [-0.39, 0.29) is 12.7 Å². The molecule has 0 radical (unpaired) electrons. The second-order valence-corrected chi connectivity index (χ2v) is 6.54. The van der Waals surface area contributed by atoms with E-state index in [0.29, 0.717) is 28.2 Å². The first-order valence-corrected chi connectivity index (χ1v) is 9.01. The van der Waals surface area contributed by atoms with Crippen LogP contribution in [0.5, 0.6) is 11.5 Å². The van der Waals surface area contributed by atoms with Gasteiger partial charge in [0.05, 0.1) is 19.4 Å². The summed E-state index contributed by atoms with van der Waals surface area (Å²) in [6.07, 6.45) is 1.63. The molecule has 0 aliphatic carbocycles. The normalized spacial score (nSPS) is 11.2. The number of hydrogen-bond donors (Lipinski definition) is 0. The fourth-order valence-corrected chi connectivity index (χ4v) is 2.46. The van der Waals surface area contributed by atoms with E-state index in [9.17, 15) is 0 Å². The molecule has 0 amide bonds. The molecule has 0 atom stereocenters. The Morgan fingerprint density at radius 2 is 1.93 bits per heavy atom. The Bertz CT molecular complexity index is 939. The molecular formula is C20H20ClN3O4. The third-order valence-electron chi connectivity index (χ3n) is 3.59. The van der Waals surface area contributed by atoms with Crippen LogP contribution in [0.1, 0.15) is 25.3 Å². The van der Waals surface area contributed by atoms with Gasteiger partial charge < -0.3 is 18.8 Å². The van der Waals surface area contributed by atoms with Crippen molar-refractivity contribution >= 4 is 17.8 Å². The third-order valence-corrected chi connectivity index (χ3v) is 3.84. The fraction of sp³-hybridized carbons (Fsp3) is 0.250. The number of methoxy groups -OCH3 is 1. The van der Waals surface area contributed by atoms with Crippen molar-refractivity contribution in [3.63, 3.8) is 0 Å². The molecule has 0 aliphatic heterocycles. The highest BCUT2D eigenvalue weighted by Crippen LogP contribution is 2.28. The lowest BCUT2D eigenvalue weighted by Crippen LogP contribution is -2.06. The maximum absolute atomic E-state index is 5.87. The van der Waals surface area contributed by atoms with E-state index < -0.39 is 0 Å². The van der Waals surface area contributed by atoms with Gasteiger partial charge >= 0.3 is 0 Å². The lowest BCUT2D eigenvalue weighted by Gasteiger charge is -2.13. The summed E-state index contributed by atoms with van der Waals surface area (Å²) in [5.41, 5.74) is 1.61. The topological polar surface area (TPSA) is 79.0 Å². The average molecular weight is 402 g/mol. The van der Waals surface area contributed by atoms with Crippen molar-refractivity contribution in [2.45, 2.75) is 26.6 Å². The Hall–Kier alpha value is -3.06. The van der Waals surface area contributed by atoms with Gasteiger partial charge in [-0.3, -0.25) is 0 Å². The smallest absolute Gasteiger partial charge is 0.267 e. The SMILES string of the molecule is COc1cc(/C=N\OCc2nc(-c3ccc(Cl)cc3)no2)ccc1OC(C)C. The Morgan fingerprint density at radius 1 is 1.14 bits per heavy atom. The minimum atomic E-state index is 0.0583. The van der Waals surface area contributed by atoms with Crippen LogP contribution in [0.4, 0.5) is 0 Å². The van der Waals surface area contributed by atoms with E-state index in [4.69, 9.17) is 30.4 Å². The van der Waals surface area contributed by atoms with Crippen molar-refractivity contribution in [2.75, 3.05) is 7.11 Å². The molecule has 2 aromatic carbocycles. The summed E-state index contributed by atoms with van der Waals surface area (Å²) in [6, 6.07) is 12.7. The molecule has 1 aromatic heterocycles. The van der Waals surface area contributed by atoms with Crippen LogP contribution in [0, 0.1) is 0 Å². The molecule has 0 N–H and O–H groups in total. The summed E-state index contributed by atoms with van der Waals surface area (Å²) in [5.74, 6) is 2.09. The predicted octanol–water partition coefficient (Wildman–Crippen LogP) is 4.74. The van der Waals surface area contributed by atoms with Crippen LogP contribution in [0.3, 0.4) is 0 Å². The van der Waals surface area contributed by atoms with Gasteiger partial charge in [0.15, 0.2) is 18.1 Å². The van der Waals surface area contributed by atoms with Gasteiger partial charge in [-0.25, -0.2) is 0 Å². The van der Waals surface area contributed by atoms with Gasteiger partial charge in [0, 0.05) is 16.1 Å². The van der Waals surface area contributed by atoms with E-state index in [2.05, 4.69) is 15.3 Å². The van der Waals surface area contributed by atoms with Crippen molar-refractivity contribution < 1.29 is 18.8 Å². The second kappa shape index (κ2) is 9.23. The Labute approximate surface area is 167 Å². The van der Waals surface area contributed by atoms with Crippen LogP contribution in [0.2, 0.25) is 5.02 Å². The maximum atomic E-state index is 5.87. The molecule has 0 unspecified atom stereocenters. The van der Waals surface area contributed by atoms with Crippen molar-refractivity contribution in [3.05, 3.63) is 58.9 Å². The van der Waals surface area contributed by atoms with Crippen LogP contribution < -0.4 is 9.47 Å². The summed E-state index contributed by atoms with van der Waals surface area (Å²) < 4.78 is 16.2. The number of nitrogens with zero attached hydrogens (tertiary/aromatic N) is 3. The molecule has 3 rings (SSSR count). The molecule has 0 fully saturated rings. The molecule has 28 heavy (non-hydrogen) atoms. The Balaban J connectivity index is 1.57.